The van der Waals surface area contributed by atoms with Crippen molar-refractivity contribution in [1.29, 1.82) is 0 Å². The maximum atomic E-state index is 11.5. The van der Waals surface area contributed by atoms with Gasteiger partial charge in [0.05, 0.1) is 7.11 Å². The third-order valence-corrected chi connectivity index (χ3v) is 3.51. The van der Waals surface area contributed by atoms with Crippen molar-refractivity contribution in [3.8, 4) is 0 Å². The molecule has 4 heteroatoms. The fourth-order valence-corrected chi connectivity index (χ4v) is 2.55. The van der Waals surface area contributed by atoms with Crippen LogP contribution < -0.4 is 0 Å². The summed E-state index contributed by atoms with van der Waals surface area (Å²) in [5, 5.41) is 0. The molecule has 1 aliphatic carbocycles. The van der Waals surface area contributed by atoms with Gasteiger partial charge in [0.15, 0.2) is 5.78 Å². The van der Waals surface area contributed by atoms with E-state index in [1.807, 2.05) is 6.08 Å². The highest BCUT2D eigenvalue weighted by atomic mass is 79.9. The molecular formula is C13H19BrO3. The van der Waals surface area contributed by atoms with Crippen LogP contribution in [-0.2, 0) is 14.3 Å². The third-order valence-electron chi connectivity index (χ3n) is 2.93. The number of alkyl halides is 1. The van der Waals surface area contributed by atoms with Crippen LogP contribution in [0.15, 0.2) is 11.6 Å². The van der Waals surface area contributed by atoms with Gasteiger partial charge in [-0.1, -0.05) is 34.8 Å². The lowest BCUT2D eigenvalue weighted by Crippen LogP contribution is -1.99. The summed E-state index contributed by atoms with van der Waals surface area (Å²) in [5.41, 5.74) is 0.972. The highest BCUT2D eigenvalue weighted by Gasteiger charge is 2.20. The predicted molar refractivity (Wildman–Crippen MR) is 70.1 cm³/mol. The van der Waals surface area contributed by atoms with Crippen LogP contribution in [0.25, 0.3) is 0 Å². The van der Waals surface area contributed by atoms with Gasteiger partial charge >= 0.3 is 5.97 Å². The molecule has 0 aliphatic heterocycles. The number of methoxy groups -OCH3 is 1. The maximum Gasteiger partial charge on any atom is 0.305 e. The SMILES string of the molecule is COC(=O)CCCCCCC1=CC(Br)CC1=O. The molecule has 17 heavy (non-hydrogen) atoms. The van der Waals surface area contributed by atoms with E-state index >= 15 is 0 Å². The van der Waals surface area contributed by atoms with Crippen LogP contribution in [-0.4, -0.2) is 23.7 Å². The second kappa shape index (κ2) is 7.64. The zero-order chi connectivity index (χ0) is 12.7. The molecule has 0 radical (unpaired) electrons. The monoisotopic (exact) mass is 302 g/mol. The first-order valence-electron chi connectivity index (χ1n) is 6.08. The second-order valence-electron chi connectivity index (χ2n) is 4.33. The van der Waals surface area contributed by atoms with Gasteiger partial charge in [-0.05, 0) is 24.8 Å². The predicted octanol–water partition coefficient (Wildman–Crippen LogP) is 3.16. The van der Waals surface area contributed by atoms with E-state index in [1.54, 1.807) is 0 Å². The Labute approximate surface area is 111 Å². The van der Waals surface area contributed by atoms with Gasteiger partial charge in [-0.2, -0.15) is 0 Å². The summed E-state index contributed by atoms with van der Waals surface area (Å²) in [4.78, 5) is 22.6. The molecular weight excluding hydrogens is 284 g/mol. The Morgan fingerprint density at radius 3 is 2.71 bits per heavy atom. The number of halogens is 1. The molecule has 1 atom stereocenters. The van der Waals surface area contributed by atoms with Gasteiger partial charge < -0.3 is 4.74 Å². The second-order valence-corrected chi connectivity index (χ2v) is 5.50. The largest absolute Gasteiger partial charge is 0.469 e. The molecule has 0 aromatic carbocycles. The Hall–Kier alpha value is -0.640. The number of rotatable bonds is 7. The minimum atomic E-state index is -0.138. The summed E-state index contributed by atoms with van der Waals surface area (Å²) >= 11 is 3.43. The number of esters is 1. The van der Waals surface area contributed by atoms with E-state index in [1.165, 1.54) is 7.11 Å². The van der Waals surface area contributed by atoms with Crippen molar-refractivity contribution in [1.82, 2.24) is 0 Å². The molecule has 0 aromatic heterocycles. The number of ether oxygens (including phenoxy) is 1. The molecule has 0 spiro atoms. The molecule has 0 N–H and O–H groups in total. The van der Waals surface area contributed by atoms with Gasteiger partial charge in [-0.3, -0.25) is 9.59 Å². The van der Waals surface area contributed by atoms with E-state index in [2.05, 4.69) is 20.7 Å². The lowest BCUT2D eigenvalue weighted by atomic mass is 10.0. The molecule has 0 aromatic rings. The molecule has 1 unspecified atom stereocenters. The van der Waals surface area contributed by atoms with Crippen LogP contribution in [0.1, 0.15) is 44.9 Å². The summed E-state index contributed by atoms with van der Waals surface area (Å²) in [5.74, 6) is 0.141. The zero-order valence-electron chi connectivity index (χ0n) is 10.2. The van der Waals surface area contributed by atoms with Crippen molar-refractivity contribution in [3.63, 3.8) is 0 Å². The Morgan fingerprint density at radius 2 is 2.12 bits per heavy atom. The Kier molecular flexibility index (Phi) is 6.48. The normalized spacial score (nSPS) is 19.3. The Bertz CT molecular complexity index is 310. The standard InChI is InChI=1S/C13H19BrO3/c1-17-13(16)7-5-3-2-4-6-10-8-11(14)9-12(10)15/h8,11H,2-7,9H2,1H3. The van der Waals surface area contributed by atoms with Gasteiger partial charge in [-0.15, -0.1) is 0 Å². The summed E-state index contributed by atoms with van der Waals surface area (Å²) in [6.45, 7) is 0. The molecule has 3 nitrogen and oxygen atoms in total. The maximum absolute atomic E-state index is 11.5. The third kappa shape index (κ3) is 5.48. The smallest absolute Gasteiger partial charge is 0.305 e. The number of hydrogen-bond donors (Lipinski definition) is 0. The highest BCUT2D eigenvalue weighted by molar-refractivity contribution is 9.09. The first-order valence-corrected chi connectivity index (χ1v) is 7.00. The zero-order valence-corrected chi connectivity index (χ0v) is 11.8. The van der Waals surface area contributed by atoms with E-state index in [4.69, 9.17) is 0 Å². The van der Waals surface area contributed by atoms with E-state index in [9.17, 15) is 9.59 Å². The number of allylic oxidation sites excluding steroid dienone is 2. The fraction of sp³-hybridized carbons (Fsp3) is 0.692. The van der Waals surface area contributed by atoms with Gasteiger partial charge in [0.1, 0.15) is 0 Å². The van der Waals surface area contributed by atoms with E-state index in [0.29, 0.717) is 12.8 Å². The van der Waals surface area contributed by atoms with Crippen LogP contribution in [0.4, 0.5) is 0 Å². The van der Waals surface area contributed by atoms with Crippen LogP contribution >= 0.6 is 15.9 Å². The number of carbonyl (C=O) groups is 2. The van der Waals surface area contributed by atoms with Crippen molar-refractivity contribution >= 4 is 27.7 Å². The molecule has 0 heterocycles. The van der Waals surface area contributed by atoms with Crippen LogP contribution in [0.2, 0.25) is 0 Å². The van der Waals surface area contributed by atoms with Gasteiger partial charge in [0.25, 0.3) is 0 Å². The van der Waals surface area contributed by atoms with E-state index < -0.39 is 0 Å². The van der Waals surface area contributed by atoms with Crippen LogP contribution in [0.3, 0.4) is 0 Å². The first-order chi connectivity index (χ1) is 8.13. The summed E-state index contributed by atoms with van der Waals surface area (Å²) in [6.07, 6.45) is 8.00. The molecule has 0 bridgehead atoms. The molecule has 0 fully saturated rings. The number of ketones is 1. The average Bonchev–Trinajstić information content (AvgIpc) is 2.62. The average molecular weight is 303 g/mol. The summed E-state index contributed by atoms with van der Waals surface area (Å²) < 4.78 is 4.57. The summed E-state index contributed by atoms with van der Waals surface area (Å²) in [6, 6.07) is 0. The lowest BCUT2D eigenvalue weighted by Gasteiger charge is -2.01. The number of hydrogen-bond acceptors (Lipinski definition) is 3. The van der Waals surface area contributed by atoms with Crippen molar-refractivity contribution in [2.24, 2.45) is 0 Å². The Morgan fingerprint density at radius 1 is 1.41 bits per heavy atom. The summed E-state index contributed by atoms with van der Waals surface area (Å²) in [7, 11) is 1.41. The fourth-order valence-electron chi connectivity index (χ4n) is 1.94. The van der Waals surface area contributed by atoms with Crippen molar-refractivity contribution < 1.29 is 14.3 Å². The molecule has 0 saturated carbocycles. The Balaban J connectivity index is 2.03. The van der Waals surface area contributed by atoms with Crippen LogP contribution in [0.5, 0.6) is 0 Å². The van der Waals surface area contributed by atoms with Crippen molar-refractivity contribution in [3.05, 3.63) is 11.6 Å². The van der Waals surface area contributed by atoms with E-state index in [0.717, 1.165) is 37.7 Å². The molecule has 0 amide bonds. The quantitative estimate of drug-likeness (QED) is 0.412. The lowest BCUT2D eigenvalue weighted by molar-refractivity contribution is -0.140. The minimum Gasteiger partial charge on any atom is -0.469 e. The number of unbranched alkanes of at least 4 members (excludes halogenated alkanes) is 3. The molecule has 96 valence electrons. The van der Waals surface area contributed by atoms with Gasteiger partial charge in [0.2, 0.25) is 0 Å². The van der Waals surface area contributed by atoms with Crippen LogP contribution in [0, 0.1) is 0 Å². The molecule has 1 rings (SSSR count). The van der Waals surface area contributed by atoms with Crippen molar-refractivity contribution in [2.45, 2.75) is 49.8 Å². The molecule has 0 saturated heterocycles. The number of carbonyl (C=O) groups excluding carboxylic acids is 2. The molecule has 1 aliphatic rings. The van der Waals surface area contributed by atoms with Gasteiger partial charge in [0, 0.05) is 17.7 Å². The van der Waals surface area contributed by atoms with Gasteiger partial charge in [-0.25, -0.2) is 0 Å². The highest BCUT2D eigenvalue weighted by Crippen LogP contribution is 2.25. The minimum absolute atomic E-state index is 0.138. The number of Topliss-reactive ketones (excluding diaryl/α,β-unsaturated/α-hetero) is 1. The van der Waals surface area contributed by atoms with E-state index in [-0.39, 0.29) is 16.6 Å². The topological polar surface area (TPSA) is 43.4 Å². The van der Waals surface area contributed by atoms with Crippen molar-refractivity contribution in [2.75, 3.05) is 7.11 Å². The first kappa shape index (κ1) is 14.4.